The van der Waals surface area contributed by atoms with Crippen molar-refractivity contribution in [2.75, 3.05) is 7.11 Å². The molecule has 0 fully saturated rings. The standard InChI is InChI=1S/C17H20N4O2S/c1-10-8-18-14(11(2)15(10)22-5)9-24-17-20-19-16(21(17)4)13-6-7-23-12(13)3/h6-8H,9H2,1-5H3. The Morgan fingerprint density at radius 2 is 2.04 bits per heavy atom. The van der Waals surface area contributed by atoms with Crippen LogP contribution >= 0.6 is 11.8 Å². The van der Waals surface area contributed by atoms with E-state index in [9.17, 15) is 0 Å². The molecule has 0 unspecified atom stereocenters. The molecule has 3 heterocycles. The van der Waals surface area contributed by atoms with Gasteiger partial charge in [0.1, 0.15) is 11.5 Å². The Hall–Kier alpha value is -2.28. The van der Waals surface area contributed by atoms with Gasteiger partial charge in [-0.3, -0.25) is 4.98 Å². The second-order valence-corrected chi connectivity index (χ2v) is 6.53. The fraction of sp³-hybridized carbons (Fsp3) is 0.353. The minimum atomic E-state index is 0.707. The van der Waals surface area contributed by atoms with Crippen molar-refractivity contribution in [2.45, 2.75) is 31.7 Å². The van der Waals surface area contributed by atoms with E-state index in [0.717, 1.165) is 44.9 Å². The lowest BCUT2D eigenvalue weighted by atomic mass is 10.1. The number of rotatable bonds is 5. The number of nitrogens with zero attached hydrogens (tertiary/aromatic N) is 4. The van der Waals surface area contributed by atoms with Gasteiger partial charge < -0.3 is 13.7 Å². The van der Waals surface area contributed by atoms with E-state index in [4.69, 9.17) is 9.15 Å². The van der Waals surface area contributed by atoms with Crippen LogP contribution in [0, 0.1) is 20.8 Å². The first-order chi connectivity index (χ1) is 11.5. The Balaban J connectivity index is 1.82. The molecule has 0 saturated heterocycles. The Morgan fingerprint density at radius 1 is 1.25 bits per heavy atom. The number of hydrogen-bond donors (Lipinski definition) is 0. The summed E-state index contributed by atoms with van der Waals surface area (Å²) in [5.74, 6) is 3.24. The molecule has 3 aromatic heterocycles. The van der Waals surface area contributed by atoms with Crippen LogP contribution in [-0.2, 0) is 12.8 Å². The van der Waals surface area contributed by atoms with E-state index in [1.807, 2.05) is 44.6 Å². The number of ether oxygens (including phenoxy) is 1. The predicted octanol–water partition coefficient (Wildman–Crippen LogP) is 3.70. The van der Waals surface area contributed by atoms with Crippen molar-refractivity contribution in [1.29, 1.82) is 0 Å². The van der Waals surface area contributed by atoms with E-state index in [1.54, 1.807) is 25.1 Å². The average molecular weight is 344 g/mol. The molecule has 0 radical (unpaired) electrons. The van der Waals surface area contributed by atoms with Crippen molar-refractivity contribution >= 4 is 11.8 Å². The highest BCUT2D eigenvalue weighted by Crippen LogP contribution is 2.30. The van der Waals surface area contributed by atoms with Crippen LogP contribution < -0.4 is 4.74 Å². The van der Waals surface area contributed by atoms with Gasteiger partial charge in [0.05, 0.1) is 24.6 Å². The van der Waals surface area contributed by atoms with Gasteiger partial charge in [-0.1, -0.05) is 11.8 Å². The van der Waals surface area contributed by atoms with Gasteiger partial charge in [0, 0.05) is 30.1 Å². The fourth-order valence-corrected chi connectivity index (χ4v) is 3.58. The summed E-state index contributed by atoms with van der Waals surface area (Å²) in [4.78, 5) is 4.53. The highest BCUT2D eigenvalue weighted by atomic mass is 32.2. The van der Waals surface area contributed by atoms with Gasteiger partial charge >= 0.3 is 0 Å². The van der Waals surface area contributed by atoms with E-state index < -0.39 is 0 Å². The first kappa shape index (κ1) is 16.6. The normalized spacial score (nSPS) is 11.0. The summed E-state index contributed by atoms with van der Waals surface area (Å²) in [6, 6.07) is 1.91. The minimum absolute atomic E-state index is 0.707. The summed E-state index contributed by atoms with van der Waals surface area (Å²) in [7, 11) is 3.65. The van der Waals surface area contributed by atoms with Crippen LogP contribution in [0.4, 0.5) is 0 Å². The van der Waals surface area contributed by atoms with Crippen molar-refractivity contribution in [2.24, 2.45) is 7.05 Å². The zero-order chi connectivity index (χ0) is 17.3. The lowest BCUT2D eigenvalue weighted by Crippen LogP contribution is -2.00. The molecule has 0 aliphatic heterocycles. The van der Waals surface area contributed by atoms with Crippen LogP contribution in [0.15, 0.2) is 28.1 Å². The molecular weight excluding hydrogens is 324 g/mol. The summed E-state index contributed by atoms with van der Waals surface area (Å²) in [6.07, 6.45) is 3.51. The van der Waals surface area contributed by atoms with E-state index in [1.165, 1.54) is 0 Å². The Bertz CT molecular complexity index is 870. The molecular formula is C17H20N4O2S. The maximum Gasteiger partial charge on any atom is 0.191 e. The van der Waals surface area contributed by atoms with Crippen LogP contribution in [0.3, 0.4) is 0 Å². The largest absolute Gasteiger partial charge is 0.496 e. The number of pyridine rings is 1. The van der Waals surface area contributed by atoms with Crippen molar-refractivity contribution < 1.29 is 9.15 Å². The van der Waals surface area contributed by atoms with E-state index >= 15 is 0 Å². The molecule has 3 rings (SSSR count). The van der Waals surface area contributed by atoms with Gasteiger partial charge in [0.25, 0.3) is 0 Å². The Morgan fingerprint density at radius 3 is 2.71 bits per heavy atom. The van der Waals surface area contributed by atoms with Crippen molar-refractivity contribution in [3.63, 3.8) is 0 Å². The number of hydrogen-bond acceptors (Lipinski definition) is 6. The summed E-state index contributed by atoms with van der Waals surface area (Å²) in [5.41, 5.74) is 4.06. The maximum atomic E-state index is 5.47. The number of aromatic nitrogens is 4. The summed E-state index contributed by atoms with van der Waals surface area (Å²) in [5, 5.41) is 9.42. The third-order valence-corrected chi connectivity index (χ3v) is 5.05. The van der Waals surface area contributed by atoms with Crippen LogP contribution in [0.25, 0.3) is 11.4 Å². The van der Waals surface area contributed by atoms with Gasteiger partial charge in [0.15, 0.2) is 11.0 Å². The molecule has 0 amide bonds. The second-order valence-electron chi connectivity index (χ2n) is 5.59. The molecule has 7 heteroatoms. The minimum Gasteiger partial charge on any atom is -0.496 e. The highest BCUT2D eigenvalue weighted by Gasteiger charge is 2.16. The number of furan rings is 1. The van der Waals surface area contributed by atoms with E-state index in [2.05, 4.69) is 15.2 Å². The lowest BCUT2D eigenvalue weighted by molar-refractivity contribution is 0.407. The fourth-order valence-electron chi connectivity index (χ4n) is 2.64. The molecule has 0 aliphatic carbocycles. The SMILES string of the molecule is COc1c(C)cnc(CSc2nnc(-c3ccoc3C)n2C)c1C. The molecule has 126 valence electrons. The van der Waals surface area contributed by atoms with Crippen LogP contribution in [0.5, 0.6) is 5.75 Å². The number of aryl methyl sites for hydroxylation is 2. The zero-order valence-corrected chi connectivity index (χ0v) is 15.3. The topological polar surface area (TPSA) is 66.0 Å². The monoisotopic (exact) mass is 344 g/mol. The highest BCUT2D eigenvalue weighted by molar-refractivity contribution is 7.98. The predicted molar refractivity (Wildman–Crippen MR) is 93.3 cm³/mol. The third-order valence-electron chi connectivity index (χ3n) is 4.02. The molecule has 3 aromatic rings. The summed E-state index contributed by atoms with van der Waals surface area (Å²) < 4.78 is 12.8. The molecule has 0 saturated carbocycles. The van der Waals surface area contributed by atoms with E-state index in [-0.39, 0.29) is 0 Å². The van der Waals surface area contributed by atoms with Gasteiger partial charge in [-0.25, -0.2) is 0 Å². The second kappa shape index (κ2) is 6.68. The molecule has 6 nitrogen and oxygen atoms in total. The number of thioether (sulfide) groups is 1. The summed E-state index contributed by atoms with van der Waals surface area (Å²) in [6.45, 7) is 5.95. The van der Waals surface area contributed by atoms with Gasteiger partial charge in [-0.05, 0) is 26.8 Å². The molecule has 0 aliphatic rings. The van der Waals surface area contributed by atoms with Crippen LogP contribution in [0.1, 0.15) is 22.6 Å². The molecule has 0 bridgehead atoms. The van der Waals surface area contributed by atoms with Gasteiger partial charge in [0.2, 0.25) is 0 Å². The molecule has 24 heavy (non-hydrogen) atoms. The van der Waals surface area contributed by atoms with Gasteiger partial charge in [-0.15, -0.1) is 10.2 Å². The average Bonchev–Trinajstić information content (AvgIpc) is 3.13. The quantitative estimate of drug-likeness (QED) is 0.658. The Labute approximate surface area is 145 Å². The van der Waals surface area contributed by atoms with Crippen LogP contribution in [0.2, 0.25) is 0 Å². The smallest absolute Gasteiger partial charge is 0.191 e. The van der Waals surface area contributed by atoms with E-state index in [0.29, 0.717) is 5.75 Å². The van der Waals surface area contributed by atoms with Crippen molar-refractivity contribution in [3.05, 3.63) is 41.1 Å². The zero-order valence-electron chi connectivity index (χ0n) is 14.5. The third kappa shape index (κ3) is 2.91. The number of methoxy groups -OCH3 is 1. The summed E-state index contributed by atoms with van der Waals surface area (Å²) >= 11 is 1.60. The molecule has 0 atom stereocenters. The molecule has 0 aromatic carbocycles. The maximum absolute atomic E-state index is 5.47. The first-order valence-electron chi connectivity index (χ1n) is 7.58. The Kier molecular flexibility index (Phi) is 4.62. The van der Waals surface area contributed by atoms with Crippen LogP contribution in [-0.4, -0.2) is 26.9 Å². The van der Waals surface area contributed by atoms with Gasteiger partial charge in [-0.2, -0.15) is 0 Å². The lowest BCUT2D eigenvalue weighted by Gasteiger charge is -2.11. The molecule has 0 N–H and O–H groups in total. The van der Waals surface area contributed by atoms with Crippen molar-refractivity contribution in [1.82, 2.24) is 19.7 Å². The van der Waals surface area contributed by atoms with Crippen molar-refractivity contribution in [3.8, 4) is 17.1 Å². The molecule has 0 spiro atoms. The first-order valence-corrected chi connectivity index (χ1v) is 8.57.